The highest BCUT2D eigenvalue weighted by Crippen LogP contribution is 2.44. The molecule has 0 aromatic heterocycles. The van der Waals surface area contributed by atoms with E-state index in [1.165, 1.54) is 5.56 Å². The fourth-order valence-corrected chi connectivity index (χ4v) is 3.62. The number of carbonyl (C=O) groups is 1. The molecule has 0 aliphatic carbocycles. The van der Waals surface area contributed by atoms with E-state index in [4.69, 9.17) is 4.74 Å². The van der Waals surface area contributed by atoms with Crippen LogP contribution in [0.4, 0.5) is 11.4 Å². The summed E-state index contributed by atoms with van der Waals surface area (Å²) in [5.74, 6) is 0.804. The van der Waals surface area contributed by atoms with Crippen LogP contribution in [0.25, 0.3) is 10.8 Å². The first-order chi connectivity index (χ1) is 11.9. The molecule has 0 radical (unpaired) electrons. The molecule has 0 N–H and O–H groups in total. The van der Waals surface area contributed by atoms with Gasteiger partial charge in [0, 0.05) is 11.1 Å². The largest absolute Gasteiger partial charge is 0.497 e. The Hall–Kier alpha value is -2.81. The maximum atomic E-state index is 13.1. The summed E-state index contributed by atoms with van der Waals surface area (Å²) in [6, 6.07) is 17.8. The van der Waals surface area contributed by atoms with Crippen LogP contribution >= 0.6 is 0 Å². The van der Waals surface area contributed by atoms with Crippen molar-refractivity contribution in [2.75, 3.05) is 12.0 Å². The highest BCUT2D eigenvalue weighted by molar-refractivity contribution is 6.28. The molecule has 0 bridgehead atoms. The number of rotatable bonds is 2. The number of amides is 1. The van der Waals surface area contributed by atoms with E-state index < -0.39 is 0 Å². The van der Waals surface area contributed by atoms with Crippen molar-refractivity contribution >= 4 is 28.1 Å². The van der Waals surface area contributed by atoms with Crippen LogP contribution in [0.5, 0.6) is 5.75 Å². The lowest BCUT2D eigenvalue weighted by Gasteiger charge is -2.23. The average Bonchev–Trinajstić information content (AvgIpc) is 2.88. The van der Waals surface area contributed by atoms with E-state index in [9.17, 15) is 4.79 Å². The zero-order valence-electron chi connectivity index (χ0n) is 15.0. The second kappa shape index (κ2) is 5.35. The highest BCUT2D eigenvalue weighted by atomic mass is 16.5. The smallest absolute Gasteiger partial charge is 0.263 e. The van der Waals surface area contributed by atoms with Gasteiger partial charge in [-0.25, -0.2) is 0 Å². The minimum absolute atomic E-state index is 0.0216. The van der Waals surface area contributed by atoms with E-state index in [0.717, 1.165) is 33.5 Å². The van der Waals surface area contributed by atoms with Gasteiger partial charge in [0.05, 0.1) is 18.4 Å². The molecule has 3 aromatic carbocycles. The van der Waals surface area contributed by atoms with Gasteiger partial charge in [-0.1, -0.05) is 39.0 Å². The number of hydrogen-bond donors (Lipinski definition) is 0. The molecule has 3 nitrogen and oxygen atoms in total. The lowest BCUT2D eigenvalue weighted by molar-refractivity contribution is 0.100. The van der Waals surface area contributed by atoms with Crippen LogP contribution in [-0.4, -0.2) is 13.0 Å². The van der Waals surface area contributed by atoms with Gasteiger partial charge in [-0.15, -0.1) is 0 Å². The van der Waals surface area contributed by atoms with E-state index in [1.54, 1.807) is 12.0 Å². The molecule has 126 valence electrons. The number of ether oxygens (including phenoxy) is 1. The molecule has 1 heterocycles. The van der Waals surface area contributed by atoms with Crippen molar-refractivity contribution in [1.82, 2.24) is 0 Å². The molecule has 3 heteroatoms. The number of nitrogens with zero attached hydrogens (tertiary/aromatic N) is 1. The van der Waals surface area contributed by atoms with Crippen LogP contribution in [-0.2, 0) is 5.41 Å². The van der Waals surface area contributed by atoms with Crippen molar-refractivity contribution in [2.24, 2.45) is 0 Å². The SMILES string of the molecule is COc1ccc(N2C(=O)c3cccc4c(C(C)(C)C)ccc2c34)cc1. The van der Waals surface area contributed by atoms with Gasteiger partial charge >= 0.3 is 0 Å². The van der Waals surface area contributed by atoms with E-state index in [-0.39, 0.29) is 11.3 Å². The summed E-state index contributed by atoms with van der Waals surface area (Å²) < 4.78 is 5.23. The van der Waals surface area contributed by atoms with Crippen LogP contribution in [0.3, 0.4) is 0 Å². The summed E-state index contributed by atoms with van der Waals surface area (Å²) >= 11 is 0. The van der Waals surface area contributed by atoms with Crippen molar-refractivity contribution in [2.45, 2.75) is 26.2 Å². The fourth-order valence-electron chi connectivity index (χ4n) is 3.62. The molecule has 4 rings (SSSR count). The molecule has 0 saturated carbocycles. The maximum Gasteiger partial charge on any atom is 0.263 e. The summed E-state index contributed by atoms with van der Waals surface area (Å²) in [5.41, 5.74) is 3.86. The van der Waals surface area contributed by atoms with Gasteiger partial charge in [0.1, 0.15) is 5.75 Å². The molecule has 1 amide bonds. The van der Waals surface area contributed by atoms with Crippen molar-refractivity contribution in [3.63, 3.8) is 0 Å². The van der Waals surface area contributed by atoms with Gasteiger partial charge in [0.2, 0.25) is 0 Å². The van der Waals surface area contributed by atoms with Crippen LogP contribution < -0.4 is 9.64 Å². The Kier molecular flexibility index (Phi) is 3.36. The topological polar surface area (TPSA) is 29.5 Å². The first-order valence-electron chi connectivity index (χ1n) is 8.46. The van der Waals surface area contributed by atoms with E-state index in [0.29, 0.717) is 0 Å². The van der Waals surface area contributed by atoms with Crippen molar-refractivity contribution in [3.05, 3.63) is 65.7 Å². The van der Waals surface area contributed by atoms with Crippen molar-refractivity contribution in [3.8, 4) is 5.75 Å². The molecule has 1 aliphatic rings. The zero-order chi connectivity index (χ0) is 17.8. The minimum Gasteiger partial charge on any atom is -0.497 e. The Balaban J connectivity index is 1.95. The van der Waals surface area contributed by atoms with Crippen LogP contribution in [0.15, 0.2) is 54.6 Å². The normalized spacial score (nSPS) is 13.6. The van der Waals surface area contributed by atoms with Gasteiger partial charge in [-0.2, -0.15) is 0 Å². The van der Waals surface area contributed by atoms with Crippen molar-refractivity contribution < 1.29 is 9.53 Å². The molecule has 1 aliphatic heterocycles. The van der Waals surface area contributed by atoms with Crippen LogP contribution in [0, 0.1) is 0 Å². The van der Waals surface area contributed by atoms with Crippen LogP contribution in [0.1, 0.15) is 36.7 Å². The lowest BCUT2D eigenvalue weighted by atomic mass is 9.83. The first kappa shape index (κ1) is 15.7. The standard InChI is InChI=1S/C22H21NO2/c1-22(2,3)18-12-13-19-20-16(18)6-5-7-17(20)21(24)23(19)14-8-10-15(25-4)11-9-14/h5-13H,1-4H3. The number of methoxy groups -OCH3 is 1. The molecule has 25 heavy (non-hydrogen) atoms. The molecule has 0 saturated heterocycles. The Morgan fingerprint density at radius 1 is 0.920 bits per heavy atom. The van der Waals surface area contributed by atoms with Gasteiger partial charge in [-0.3, -0.25) is 9.69 Å². The van der Waals surface area contributed by atoms with Gasteiger partial charge < -0.3 is 4.74 Å². The third-order valence-corrected chi connectivity index (χ3v) is 4.83. The Morgan fingerprint density at radius 3 is 2.28 bits per heavy atom. The van der Waals surface area contributed by atoms with Gasteiger partial charge in [0.25, 0.3) is 5.91 Å². The minimum atomic E-state index is 0.0216. The second-order valence-electron chi connectivity index (χ2n) is 7.45. The first-order valence-corrected chi connectivity index (χ1v) is 8.46. The second-order valence-corrected chi connectivity index (χ2v) is 7.45. The maximum absolute atomic E-state index is 13.1. The van der Waals surface area contributed by atoms with E-state index in [1.807, 2.05) is 36.4 Å². The number of anilines is 2. The number of hydrogen-bond acceptors (Lipinski definition) is 2. The third-order valence-electron chi connectivity index (χ3n) is 4.83. The zero-order valence-corrected chi connectivity index (χ0v) is 15.0. The average molecular weight is 331 g/mol. The van der Waals surface area contributed by atoms with Crippen LogP contribution in [0.2, 0.25) is 0 Å². The number of benzene rings is 3. The molecule has 0 unspecified atom stereocenters. The monoisotopic (exact) mass is 331 g/mol. The third kappa shape index (κ3) is 2.30. The summed E-state index contributed by atoms with van der Waals surface area (Å²) in [6.07, 6.45) is 0. The summed E-state index contributed by atoms with van der Waals surface area (Å²) in [6.45, 7) is 6.61. The number of carbonyl (C=O) groups excluding carboxylic acids is 1. The molecule has 3 aromatic rings. The Morgan fingerprint density at radius 2 is 1.64 bits per heavy atom. The summed E-state index contributed by atoms with van der Waals surface area (Å²) in [5, 5.41) is 2.21. The lowest BCUT2D eigenvalue weighted by Crippen LogP contribution is -2.20. The quantitative estimate of drug-likeness (QED) is 0.626. The van der Waals surface area contributed by atoms with E-state index in [2.05, 4.69) is 39.0 Å². The Labute approximate surface area is 147 Å². The summed E-state index contributed by atoms with van der Waals surface area (Å²) in [4.78, 5) is 14.9. The fraction of sp³-hybridized carbons (Fsp3) is 0.227. The Bertz CT molecular complexity index is 981. The molecular weight excluding hydrogens is 310 g/mol. The summed E-state index contributed by atoms with van der Waals surface area (Å²) in [7, 11) is 1.64. The predicted octanol–water partition coefficient (Wildman–Crippen LogP) is 5.44. The molecular formula is C22H21NO2. The predicted molar refractivity (Wildman–Crippen MR) is 102 cm³/mol. The van der Waals surface area contributed by atoms with Gasteiger partial charge in [0.15, 0.2) is 0 Å². The highest BCUT2D eigenvalue weighted by Gasteiger charge is 2.32. The molecule has 0 spiro atoms. The van der Waals surface area contributed by atoms with Gasteiger partial charge in [-0.05, 0) is 52.8 Å². The molecule has 0 atom stereocenters. The molecule has 0 fully saturated rings. The van der Waals surface area contributed by atoms with Crippen molar-refractivity contribution in [1.29, 1.82) is 0 Å². The van der Waals surface area contributed by atoms with E-state index >= 15 is 0 Å².